The Morgan fingerprint density at radius 3 is 2.70 bits per heavy atom. The van der Waals surface area contributed by atoms with E-state index in [0.717, 1.165) is 0 Å². The van der Waals surface area contributed by atoms with Gasteiger partial charge in [0.15, 0.2) is 0 Å². The Morgan fingerprint density at radius 2 is 2.10 bits per heavy atom. The van der Waals surface area contributed by atoms with Crippen LogP contribution in [0.4, 0.5) is 16.4 Å². The number of carbonyl (C=O) groups is 2. The van der Waals surface area contributed by atoms with Crippen LogP contribution in [0.2, 0.25) is 5.02 Å². The number of urea groups is 1. The number of aromatic nitrogens is 3. The molecular formula is C11H10ClN5O3. The van der Waals surface area contributed by atoms with Crippen LogP contribution in [0.15, 0.2) is 24.5 Å². The molecule has 0 radical (unpaired) electrons. The molecule has 0 bridgehead atoms. The molecule has 2 amide bonds. The van der Waals surface area contributed by atoms with Crippen LogP contribution in [0.25, 0.3) is 0 Å². The number of hydrogen-bond donors (Lipinski definition) is 3. The standard InChI is InChI=1S/C11H10ClN5O3/c1-17-10(13-5-14-17)16-11(20)15-6-2-3-8(12)7(4-6)9(18)19/h2-5H,1H3,(H,18,19)(H2,13,14,15,16,20). The summed E-state index contributed by atoms with van der Waals surface area (Å²) in [5.74, 6) is -0.915. The number of aryl methyl sites for hydroxylation is 1. The van der Waals surface area contributed by atoms with Gasteiger partial charge in [0, 0.05) is 12.7 Å². The normalized spacial score (nSPS) is 10.1. The zero-order valence-corrected chi connectivity index (χ0v) is 11.0. The van der Waals surface area contributed by atoms with Gasteiger partial charge in [-0.05, 0) is 18.2 Å². The first-order valence-corrected chi connectivity index (χ1v) is 5.80. The Hall–Kier alpha value is -2.61. The molecule has 9 heteroatoms. The highest BCUT2D eigenvalue weighted by Gasteiger charge is 2.11. The Labute approximate surface area is 118 Å². The Balaban J connectivity index is 2.10. The van der Waals surface area contributed by atoms with Gasteiger partial charge < -0.3 is 10.4 Å². The third-order valence-corrected chi connectivity index (χ3v) is 2.72. The van der Waals surface area contributed by atoms with E-state index < -0.39 is 12.0 Å². The van der Waals surface area contributed by atoms with Gasteiger partial charge in [0.2, 0.25) is 5.95 Å². The SMILES string of the molecule is Cn1ncnc1NC(=O)Nc1ccc(Cl)c(C(=O)O)c1. The summed E-state index contributed by atoms with van der Waals surface area (Å²) < 4.78 is 1.38. The average molecular weight is 296 g/mol. The van der Waals surface area contributed by atoms with Crippen LogP contribution in [-0.2, 0) is 7.05 Å². The van der Waals surface area contributed by atoms with Gasteiger partial charge in [-0.2, -0.15) is 10.1 Å². The molecule has 1 heterocycles. The van der Waals surface area contributed by atoms with Crippen molar-refractivity contribution in [3.63, 3.8) is 0 Å². The molecule has 20 heavy (non-hydrogen) atoms. The van der Waals surface area contributed by atoms with Crippen molar-refractivity contribution in [2.24, 2.45) is 7.05 Å². The van der Waals surface area contributed by atoms with Gasteiger partial charge in [0.1, 0.15) is 6.33 Å². The number of aromatic carboxylic acids is 1. The number of nitrogens with zero attached hydrogens (tertiary/aromatic N) is 3. The van der Waals surface area contributed by atoms with Crippen molar-refractivity contribution in [3.05, 3.63) is 35.1 Å². The summed E-state index contributed by atoms with van der Waals surface area (Å²) >= 11 is 5.73. The first-order chi connectivity index (χ1) is 9.47. The number of anilines is 2. The molecule has 0 saturated carbocycles. The van der Waals surface area contributed by atoms with Gasteiger partial charge in [-0.1, -0.05) is 11.6 Å². The Morgan fingerprint density at radius 1 is 1.35 bits per heavy atom. The molecule has 0 atom stereocenters. The molecule has 104 valence electrons. The number of amides is 2. The largest absolute Gasteiger partial charge is 0.478 e. The third-order valence-electron chi connectivity index (χ3n) is 2.39. The van der Waals surface area contributed by atoms with E-state index in [4.69, 9.17) is 16.7 Å². The lowest BCUT2D eigenvalue weighted by molar-refractivity contribution is 0.0697. The highest BCUT2D eigenvalue weighted by Crippen LogP contribution is 2.20. The van der Waals surface area contributed by atoms with Crippen molar-refractivity contribution in [2.45, 2.75) is 0 Å². The second-order valence-electron chi connectivity index (χ2n) is 3.79. The first kappa shape index (κ1) is 13.8. The van der Waals surface area contributed by atoms with E-state index in [1.165, 1.54) is 29.2 Å². The minimum atomic E-state index is -1.17. The third kappa shape index (κ3) is 3.04. The maximum absolute atomic E-state index is 11.7. The van der Waals surface area contributed by atoms with Gasteiger partial charge in [0.05, 0.1) is 10.6 Å². The van der Waals surface area contributed by atoms with Crippen molar-refractivity contribution >= 4 is 35.2 Å². The van der Waals surface area contributed by atoms with Crippen molar-refractivity contribution in [1.29, 1.82) is 0 Å². The molecule has 1 aromatic heterocycles. The lowest BCUT2D eigenvalue weighted by Crippen LogP contribution is -2.21. The van der Waals surface area contributed by atoms with Crippen LogP contribution in [0, 0.1) is 0 Å². The lowest BCUT2D eigenvalue weighted by Gasteiger charge is -2.08. The zero-order chi connectivity index (χ0) is 14.7. The van der Waals surface area contributed by atoms with E-state index in [9.17, 15) is 9.59 Å². The molecule has 2 aromatic rings. The molecule has 3 N–H and O–H groups in total. The van der Waals surface area contributed by atoms with Crippen LogP contribution < -0.4 is 10.6 Å². The molecule has 0 aliphatic carbocycles. The second kappa shape index (κ2) is 5.57. The van der Waals surface area contributed by atoms with Crippen molar-refractivity contribution in [3.8, 4) is 0 Å². The minimum Gasteiger partial charge on any atom is -0.478 e. The topological polar surface area (TPSA) is 109 Å². The summed E-state index contributed by atoms with van der Waals surface area (Å²) in [5, 5.41) is 17.8. The van der Waals surface area contributed by atoms with Gasteiger partial charge in [-0.25, -0.2) is 14.3 Å². The first-order valence-electron chi connectivity index (χ1n) is 5.42. The molecule has 0 unspecified atom stereocenters. The molecule has 0 fully saturated rings. The summed E-state index contributed by atoms with van der Waals surface area (Å²) in [7, 11) is 1.62. The summed E-state index contributed by atoms with van der Waals surface area (Å²) in [4.78, 5) is 26.5. The molecular weight excluding hydrogens is 286 g/mol. The van der Waals surface area contributed by atoms with Crippen LogP contribution >= 0.6 is 11.6 Å². The fourth-order valence-electron chi connectivity index (χ4n) is 1.44. The fraction of sp³-hybridized carbons (Fsp3) is 0.0909. The number of benzene rings is 1. The van der Waals surface area contributed by atoms with Crippen LogP contribution in [0.5, 0.6) is 0 Å². The number of nitrogens with one attached hydrogen (secondary N) is 2. The number of halogens is 1. The predicted molar refractivity (Wildman–Crippen MR) is 72.1 cm³/mol. The highest BCUT2D eigenvalue weighted by atomic mass is 35.5. The Kier molecular flexibility index (Phi) is 3.85. The van der Waals surface area contributed by atoms with Gasteiger partial charge in [0.25, 0.3) is 0 Å². The van der Waals surface area contributed by atoms with E-state index in [-0.39, 0.29) is 16.5 Å². The molecule has 0 saturated heterocycles. The highest BCUT2D eigenvalue weighted by molar-refractivity contribution is 6.33. The fourth-order valence-corrected chi connectivity index (χ4v) is 1.64. The average Bonchev–Trinajstić information content (AvgIpc) is 2.77. The maximum Gasteiger partial charge on any atom is 0.337 e. The van der Waals surface area contributed by atoms with E-state index in [0.29, 0.717) is 5.69 Å². The van der Waals surface area contributed by atoms with Crippen LogP contribution in [0.3, 0.4) is 0 Å². The van der Waals surface area contributed by atoms with Crippen LogP contribution in [-0.4, -0.2) is 31.9 Å². The monoisotopic (exact) mass is 295 g/mol. The van der Waals surface area contributed by atoms with E-state index >= 15 is 0 Å². The molecule has 0 aliphatic rings. The number of carboxylic acid groups (broad SMARTS) is 1. The van der Waals surface area contributed by atoms with Crippen molar-refractivity contribution in [1.82, 2.24) is 14.8 Å². The van der Waals surface area contributed by atoms with Gasteiger partial charge >= 0.3 is 12.0 Å². The number of carbonyl (C=O) groups excluding carboxylic acids is 1. The van der Waals surface area contributed by atoms with E-state index in [1.54, 1.807) is 7.05 Å². The number of carboxylic acids is 1. The van der Waals surface area contributed by atoms with Gasteiger partial charge in [-0.3, -0.25) is 5.32 Å². The van der Waals surface area contributed by atoms with Gasteiger partial charge in [-0.15, -0.1) is 0 Å². The predicted octanol–water partition coefficient (Wildman–Crippen LogP) is 1.81. The molecule has 2 rings (SSSR count). The quantitative estimate of drug-likeness (QED) is 0.800. The smallest absolute Gasteiger partial charge is 0.337 e. The second-order valence-corrected chi connectivity index (χ2v) is 4.19. The molecule has 8 nitrogen and oxygen atoms in total. The minimum absolute atomic E-state index is 0.0942. The van der Waals surface area contributed by atoms with Crippen molar-refractivity contribution in [2.75, 3.05) is 10.6 Å². The lowest BCUT2D eigenvalue weighted by atomic mass is 10.2. The summed E-state index contributed by atoms with van der Waals surface area (Å²) in [6, 6.07) is 3.58. The molecule has 0 spiro atoms. The molecule has 0 aliphatic heterocycles. The zero-order valence-electron chi connectivity index (χ0n) is 10.3. The molecule has 1 aromatic carbocycles. The summed E-state index contributed by atoms with van der Waals surface area (Å²) in [6.45, 7) is 0. The summed E-state index contributed by atoms with van der Waals surface area (Å²) in [5.41, 5.74) is 0.203. The van der Waals surface area contributed by atoms with Crippen molar-refractivity contribution < 1.29 is 14.7 Å². The summed E-state index contributed by atoms with van der Waals surface area (Å²) in [6.07, 6.45) is 1.29. The number of rotatable bonds is 3. The van der Waals surface area contributed by atoms with E-state index in [1.807, 2.05) is 0 Å². The Bertz CT molecular complexity index is 670. The van der Waals surface area contributed by atoms with Crippen LogP contribution in [0.1, 0.15) is 10.4 Å². The maximum atomic E-state index is 11.7. The van der Waals surface area contributed by atoms with E-state index in [2.05, 4.69) is 20.7 Å². The number of hydrogen-bond acceptors (Lipinski definition) is 4.